The third-order valence-electron chi connectivity index (χ3n) is 8.38. The van der Waals surface area contributed by atoms with Gasteiger partial charge in [0.2, 0.25) is 11.9 Å². The SMILES string of the molecule is CC(C1CC1)n1cc(Nc2nc(N)nc(-c3cccc(N4CCc5cc(C6CC6)cc(F)c5C4=O)c3CO)n2)cn1. The number of carbonyl (C=O) groups is 1. The molecule has 0 radical (unpaired) electrons. The number of carbonyl (C=O) groups excluding carboxylic acids is 1. The molecule has 2 aromatic heterocycles. The minimum absolute atomic E-state index is 0.00190. The van der Waals surface area contributed by atoms with Gasteiger partial charge in [-0.15, -0.1) is 0 Å². The molecule has 11 heteroatoms. The zero-order chi connectivity index (χ0) is 28.2. The van der Waals surface area contributed by atoms with Crippen molar-refractivity contribution in [2.45, 2.75) is 57.6 Å². The van der Waals surface area contributed by atoms with Crippen LogP contribution in [-0.2, 0) is 13.0 Å². The van der Waals surface area contributed by atoms with Gasteiger partial charge in [0.05, 0.1) is 35.8 Å². The molecule has 4 aromatic rings. The highest BCUT2D eigenvalue weighted by Gasteiger charge is 2.33. The summed E-state index contributed by atoms with van der Waals surface area (Å²) in [5.74, 6) is 0.622. The molecule has 3 heterocycles. The molecule has 4 N–H and O–H groups in total. The first-order chi connectivity index (χ1) is 19.9. The summed E-state index contributed by atoms with van der Waals surface area (Å²) in [7, 11) is 0. The number of nitrogens with one attached hydrogen (secondary N) is 1. The maximum absolute atomic E-state index is 15.2. The van der Waals surface area contributed by atoms with Crippen LogP contribution in [0.2, 0.25) is 0 Å². The van der Waals surface area contributed by atoms with Crippen LogP contribution in [0.1, 0.15) is 71.6 Å². The zero-order valence-electron chi connectivity index (χ0n) is 22.7. The molecule has 7 rings (SSSR count). The number of nitrogens with zero attached hydrogens (tertiary/aromatic N) is 6. The standard InChI is InChI=1S/C30H31FN8O2/c1-16(17-5-6-17)39-14-21(13-33-39)34-30-36-27(35-29(32)37-30)22-3-2-4-25(23(22)15-40)38-10-9-19-11-20(18-7-8-18)12-24(31)26(19)28(38)41/h2-4,11-14,16-18,40H,5-10,15H2,1H3,(H3,32,34,35,36,37). The molecule has 0 spiro atoms. The largest absolute Gasteiger partial charge is 0.392 e. The molecular weight excluding hydrogens is 523 g/mol. The van der Waals surface area contributed by atoms with Crippen molar-refractivity contribution >= 4 is 29.2 Å². The van der Waals surface area contributed by atoms with Gasteiger partial charge in [0.1, 0.15) is 5.82 Å². The van der Waals surface area contributed by atoms with Crippen molar-refractivity contribution < 1.29 is 14.3 Å². The third kappa shape index (κ3) is 4.80. The Bertz CT molecular complexity index is 1660. The van der Waals surface area contributed by atoms with Gasteiger partial charge in [0, 0.05) is 23.9 Å². The van der Waals surface area contributed by atoms with Gasteiger partial charge in [0.15, 0.2) is 5.82 Å². The summed E-state index contributed by atoms with van der Waals surface area (Å²) in [6.45, 7) is 2.14. The highest BCUT2D eigenvalue weighted by Crippen LogP contribution is 2.42. The van der Waals surface area contributed by atoms with Crippen LogP contribution in [0.4, 0.5) is 27.7 Å². The molecule has 41 heavy (non-hydrogen) atoms. The van der Waals surface area contributed by atoms with E-state index in [0.717, 1.165) is 29.7 Å². The Morgan fingerprint density at radius 3 is 2.76 bits per heavy atom. The molecular formula is C30H31FN8O2. The molecule has 0 saturated heterocycles. The van der Waals surface area contributed by atoms with Crippen LogP contribution < -0.4 is 16.0 Å². The first-order valence-corrected chi connectivity index (χ1v) is 14.1. The van der Waals surface area contributed by atoms with Gasteiger partial charge in [0.25, 0.3) is 5.91 Å². The highest BCUT2D eigenvalue weighted by atomic mass is 19.1. The predicted octanol–water partition coefficient (Wildman–Crippen LogP) is 4.74. The van der Waals surface area contributed by atoms with Gasteiger partial charge >= 0.3 is 0 Å². The number of fused-ring (bicyclic) bond motifs is 1. The molecule has 2 fully saturated rings. The van der Waals surface area contributed by atoms with Crippen molar-refractivity contribution in [3.05, 3.63) is 70.8 Å². The molecule has 1 atom stereocenters. The topological polar surface area (TPSA) is 135 Å². The summed E-state index contributed by atoms with van der Waals surface area (Å²) in [6.07, 6.45) is 8.71. The Morgan fingerprint density at radius 1 is 1.17 bits per heavy atom. The van der Waals surface area contributed by atoms with Crippen molar-refractivity contribution in [3.8, 4) is 11.4 Å². The van der Waals surface area contributed by atoms with Gasteiger partial charge in [-0.1, -0.05) is 18.2 Å². The van der Waals surface area contributed by atoms with E-state index in [0.29, 0.717) is 47.7 Å². The van der Waals surface area contributed by atoms with E-state index in [1.807, 2.05) is 16.9 Å². The lowest BCUT2D eigenvalue weighted by Crippen LogP contribution is -2.39. The predicted molar refractivity (Wildman–Crippen MR) is 152 cm³/mol. The fraction of sp³-hybridized carbons (Fsp3) is 0.367. The molecule has 0 bridgehead atoms. The second kappa shape index (κ2) is 9.91. The number of benzene rings is 2. The maximum atomic E-state index is 15.2. The van der Waals surface area contributed by atoms with Crippen molar-refractivity contribution in [3.63, 3.8) is 0 Å². The normalized spacial score (nSPS) is 17.4. The van der Waals surface area contributed by atoms with E-state index in [-0.39, 0.29) is 29.9 Å². The first-order valence-electron chi connectivity index (χ1n) is 14.1. The van der Waals surface area contributed by atoms with E-state index in [1.54, 1.807) is 24.4 Å². The van der Waals surface area contributed by atoms with Gasteiger partial charge in [-0.05, 0) is 74.1 Å². The van der Waals surface area contributed by atoms with Crippen molar-refractivity contribution in [2.24, 2.45) is 5.92 Å². The molecule has 10 nitrogen and oxygen atoms in total. The minimum atomic E-state index is -0.489. The molecule has 210 valence electrons. The van der Waals surface area contributed by atoms with Crippen LogP contribution in [0.15, 0.2) is 42.7 Å². The summed E-state index contributed by atoms with van der Waals surface area (Å²) >= 11 is 0. The molecule has 2 aliphatic carbocycles. The lowest BCUT2D eigenvalue weighted by atomic mass is 9.93. The summed E-state index contributed by atoms with van der Waals surface area (Å²) in [5.41, 5.74) is 10.0. The van der Waals surface area contributed by atoms with Gasteiger partial charge in [-0.2, -0.15) is 20.1 Å². The quantitative estimate of drug-likeness (QED) is 0.284. The number of anilines is 4. The number of aromatic nitrogens is 5. The number of nitrogen functional groups attached to an aromatic ring is 1. The summed E-state index contributed by atoms with van der Waals surface area (Å²) in [6, 6.07) is 9.06. The third-order valence-corrected chi connectivity index (χ3v) is 8.38. The van der Waals surface area contributed by atoms with E-state index in [2.05, 4.69) is 32.3 Å². The molecule has 3 aliphatic rings. The summed E-state index contributed by atoms with van der Waals surface area (Å²) in [4.78, 5) is 28.2. The van der Waals surface area contributed by atoms with E-state index in [9.17, 15) is 9.90 Å². The number of amides is 1. The van der Waals surface area contributed by atoms with E-state index in [4.69, 9.17) is 5.73 Å². The van der Waals surface area contributed by atoms with Gasteiger partial charge in [-0.3, -0.25) is 9.48 Å². The molecule has 1 amide bonds. The fourth-order valence-corrected chi connectivity index (χ4v) is 5.80. The Hall–Kier alpha value is -4.38. The summed E-state index contributed by atoms with van der Waals surface area (Å²) in [5, 5.41) is 18.1. The average Bonchev–Trinajstić information content (AvgIpc) is 3.90. The molecule has 1 aliphatic heterocycles. The number of aliphatic hydroxyl groups excluding tert-OH is 1. The molecule has 2 aromatic carbocycles. The average molecular weight is 555 g/mol. The highest BCUT2D eigenvalue weighted by molar-refractivity contribution is 6.09. The van der Waals surface area contributed by atoms with Crippen LogP contribution >= 0.6 is 0 Å². The van der Waals surface area contributed by atoms with Crippen LogP contribution in [-0.4, -0.2) is 42.3 Å². The number of aliphatic hydroxyl groups is 1. The Morgan fingerprint density at radius 2 is 2.00 bits per heavy atom. The minimum Gasteiger partial charge on any atom is -0.392 e. The number of hydrogen-bond donors (Lipinski definition) is 3. The maximum Gasteiger partial charge on any atom is 0.261 e. The van der Waals surface area contributed by atoms with Gasteiger partial charge < -0.3 is 21.1 Å². The van der Waals surface area contributed by atoms with Crippen LogP contribution in [0.25, 0.3) is 11.4 Å². The van der Waals surface area contributed by atoms with Gasteiger partial charge in [-0.25, -0.2) is 4.39 Å². The Labute approximate surface area is 236 Å². The number of rotatable bonds is 8. The number of nitrogens with two attached hydrogens (primary N) is 1. The van der Waals surface area contributed by atoms with Crippen molar-refractivity contribution in [1.29, 1.82) is 0 Å². The Balaban J connectivity index is 1.19. The van der Waals surface area contributed by atoms with Crippen molar-refractivity contribution in [2.75, 3.05) is 22.5 Å². The fourth-order valence-electron chi connectivity index (χ4n) is 5.80. The Kier molecular flexibility index (Phi) is 6.19. The van der Waals surface area contributed by atoms with Crippen molar-refractivity contribution in [1.82, 2.24) is 24.7 Å². The number of hydrogen-bond acceptors (Lipinski definition) is 8. The lowest BCUT2D eigenvalue weighted by Gasteiger charge is -2.31. The zero-order valence-corrected chi connectivity index (χ0v) is 22.7. The monoisotopic (exact) mass is 554 g/mol. The van der Waals surface area contributed by atoms with Crippen LogP contribution in [0.3, 0.4) is 0 Å². The smallest absolute Gasteiger partial charge is 0.261 e. The lowest BCUT2D eigenvalue weighted by molar-refractivity contribution is 0.0976. The van der Waals surface area contributed by atoms with E-state index >= 15 is 4.39 Å². The molecule has 2 saturated carbocycles. The number of halogens is 1. The van der Waals surface area contributed by atoms with E-state index in [1.165, 1.54) is 23.8 Å². The first kappa shape index (κ1) is 25.6. The van der Waals surface area contributed by atoms with Crippen LogP contribution in [0.5, 0.6) is 0 Å². The summed E-state index contributed by atoms with van der Waals surface area (Å²) < 4.78 is 17.1. The molecule has 1 unspecified atom stereocenters. The second-order valence-corrected chi connectivity index (χ2v) is 11.2. The van der Waals surface area contributed by atoms with E-state index < -0.39 is 11.7 Å². The van der Waals surface area contributed by atoms with Crippen LogP contribution in [0, 0.1) is 11.7 Å². The second-order valence-electron chi connectivity index (χ2n) is 11.2.